The van der Waals surface area contributed by atoms with Crippen LogP contribution in [0.2, 0.25) is 0 Å². The highest BCUT2D eigenvalue weighted by molar-refractivity contribution is 7.92. The molecule has 1 aliphatic carbocycles. The molecule has 0 aromatic rings. The maximum atomic E-state index is 11.7. The Morgan fingerprint density at radius 2 is 1.76 bits per heavy atom. The van der Waals surface area contributed by atoms with Crippen molar-refractivity contribution < 1.29 is 23.1 Å². The molecule has 1 saturated carbocycles. The Hall–Kier alpha value is -1.11. The number of sulfone groups is 1. The highest BCUT2D eigenvalue weighted by Gasteiger charge is 2.44. The zero-order valence-corrected chi connectivity index (χ0v) is 10.7. The Morgan fingerprint density at radius 1 is 1.29 bits per heavy atom. The SMILES string of the molecule is CC(C(=O)NC1(C(=O)O)CCCC1)S(C)(=O)=O. The Kier molecular flexibility index (Phi) is 3.81. The lowest BCUT2D eigenvalue weighted by atomic mass is 9.97. The van der Waals surface area contributed by atoms with Gasteiger partial charge in [0.1, 0.15) is 10.8 Å². The summed E-state index contributed by atoms with van der Waals surface area (Å²) in [6, 6.07) is 0. The highest BCUT2D eigenvalue weighted by atomic mass is 32.2. The molecular formula is C10H17NO5S. The van der Waals surface area contributed by atoms with E-state index in [1.54, 1.807) is 0 Å². The number of hydrogen-bond acceptors (Lipinski definition) is 4. The molecule has 2 N–H and O–H groups in total. The second kappa shape index (κ2) is 4.64. The summed E-state index contributed by atoms with van der Waals surface area (Å²) in [5.41, 5.74) is -1.28. The lowest BCUT2D eigenvalue weighted by molar-refractivity contribution is -0.147. The van der Waals surface area contributed by atoms with Gasteiger partial charge in [0.15, 0.2) is 9.84 Å². The van der Waals surface area contributed by atoms with Crippen LogP contribution in [0.4, 0.5) is 0 Å². The third-order valence-corrected chi connectivity index (χ3v) is 4.74. The van der Waals surface area contributed by atoms with E-state index in [1.165, 1.54) is 6.92 Å². The summed E-state index contributed by atoms with van der Waals surface area (Å²) in [5, 5.41) is 10.3. The molecule has 17 heavy (non-hydrogen) atoms. The fourth-order valence-electron chi connectivity index (χ4n) is 1.90. The lowest BCUT2D eigenvalue weighted by Gasteiger charge is -2.26. The van der Waals surface area contributed by atoms with E-state index in [2.05, 4.69) is 5.32 Å². The number of hydrogen-bond donors (Lipinski definition) is 2. The van der Waals surface area contributed by atoms with E-state index in [1.807, 2.05) is 0 Å². The Labute approximate surface area is 100 Å². The predicted molar refractivity (Wildman–Crippen MR) is 61.3 cm³/mol. The third-order valence-electron chi connectivity index (χ3n) is 3.24. The first kappa shape index (κ1) is 14.0. The minimum Gasteiger partial charge on any atom is -0.480 e. The van der Waals surface area contributed by atoms with Gasteiger partial charge in [-0.1, -0.05) is 12.8 Å². The molecule has 1 rings (SSSR count). The first-order valence-electron chi connectivity index (χ1n) is 5.43. The van der Waals surface area contributed by atoms with Gasteiger partial charge >= 0.3 is 5.97 Å². The molecule has 1 unspecified atom stereocenters. The van der Waals surface area contributed by atoms with E-state index >= 15 is 0 Å². The number of nitrogens with one attached hydrogen (secondary N) is 1. The maximum Gasteiger partial charge on any atom is 0.329 e. The van der Waals surface area contributed by atoms with E-state index in [0.717, 1.165) is 19.1 Å². The molecule has 0 saturated heterocycles. The van der Waals surface area contributed by atoms with Crippen LogP contribution in [0.1, 0.15) is 32.6 Å². The molecule has 0 heterocycles. The van der Waals surface area contributed by atoms with Crippen LogP contribution in [-0.2, 0) is 19.4 Å². The second-order valence-corrected chi connectivity index (χ2v) is 6.92. The fourth-order valence-corrected chi connectivity index (χ4v) is 2.35. The van der Waals surface area contributed by atoms with Crippen LogP contribution >= 0.6 is 0 Å². The summed E-state index contributed by atoms with van der Waals surface area (Å²) >= 11 is 0. The second-order valence-electron chi connectivity index (χ2n) is 4.56. The summed E-state index contributed by atoms with van der Waals surface area (Å²) < 4.78 is 22.4. The normalized spacial score (nSPS) is 20.8. The number of amides is 1. The van der Waals surface area contributed by atoms with Gasteiger partial charge < -0.3 is 10.4 Å². The van der Waals surface area contributed by atoms with E-state index in [0.29, 0.717) is 12.8 Å². The van der Waals surface area contributed by atoms with Crippen LogP contribution in [0.3, 0.4) is 0 Å². The minimum atomic E-state index is -3.50. The van der Waals surface area contributed by atoms with Gasteiger partial charge in [-0.3, -0.25) is 4.79 Å². The van der Waals surface area contributed by atoms with Crippen molar-refractivity contribution in [2.45, 2.75) is 43.4 Å². The van der Waals surface area contributed by atoms with Crippen molar-refractivity contribution in [1.29, 1.82) is 0 Å². The van der Waals surface area contributed by atoms with Crippen LogP contribution in [0.15, 0.2) is 0 Å². The van der Waals surface area contributed by atoms with Crippen molar-refractivity contribution in [2.75, 3.05) is 6.26 Å². The quantitative estimate of drug-likeness (QED) is 0.739. The van der Waals surface area contributed by atoms with Gasteiger partial charge in [0.25, 0.3) is 0 Å². The van der Waals surface area contributed by atoms with E-state index in [4.69, 9.17) is 5.11 Å². The van der Waals surface area contributed by atoms with Crippen molar-refractivity contribution in [3.63, 3.8) is 0 Å². The summed E-state index contributed by atoms with van der Waals surface area (Å²) in [6.45, 7) is 1.26. The van der Waals surface area contributed by atoms with E-state index in [-0.39, 0.29) is 0 Å². The molecule has 0 spiro atoms. The molecule has 0 radical (unpaired) electrons. The number of carbonyl (C=O) groups excluding carboxylic acids is 1. The molecular weight excluding hydrogens is 246 g/mol. The Morgan fingerprint density at radius 3 is 2.12 bits per heavy atom. The highest BCUT2D eigenvalue weighted by Crippen LogP contribution is 2.30. The van der Waals surface area contributed by atoms with Gasteiger partial charge in [0.2, 0.25) is 5.91 Å². The average Bonchev–Trinajstić information content (AvgIpc) is 2.64. The van der Waals surface area contributed by atoms with E-state index in [9.17, 15) is 18.0 Å². The van der Waals surface area contributed by atoms with Gasteiger partial charge in [-0.2, -0.15) is 0 Å². The molecule has 0 aromatic carbocycles. The van der Waals surface area contributed by atoms with Crippen LogP contribution in [-0.4, -0.2) is 42.4 Å². The number of aliphatic carboxylic acids is 1. The monoisotopic (exact) mass is 263 g/mol. The molecule has 0 aliphatic heterocycles. The number of rotatable bonds is 4. The largest absolute Gasteiger partial charge is 0.480 e. The van der Waals surface area contributed by atoms with Crippen LogP contribution in [0, 0.1) is 0 Å². The Balaban J connectivity index is 2.83. The lowest BCUT2D eigenvalue weighted by Crippen LogP contribution is -2.55. The van der Waals surface area contributed by atoms with Crippen molar-refractivity contribution in [3.05, 3.63) is 0 Å². The number of carboxylic acids is 1. The van der Waals surface area contributed by atoms with Gasteiger partial charge in [-0.15, -0.1) is 0 Å². The molecule has 1 fully saturated rings. The summed E-state index contributed by atoms with van der Waals surface area (Å²) in [4.78, 5) is 22.9. The summed E-state index contributed by atoms with van der Waals surface area (Å²) in [6.07, 6.45) is 3.11. The van der Waals surface area contributed by atoms with Crippen LogP contribution in [0.25, 0.3) is 0 Å². The molecule has 1 amide bonds. The van der Waals surface area contributed by atoms with Crippen LogP contribution in [0.5, 0.6) is 0 Å². The van der Waals surface area contributed by atoms with Crippen LogP contribution < -0.4 is 5.32 Å². The first-order chi connectivity index (χ1) is 7.69. The molecule has 1 aliphatic rings. The van der Waals surface area contributed by atoms with Crippen molar-refractivity contribution in [1.82, 2.24) is 5.32 Å². The summed E-state index contributed by atoms with van der Waals surface area (Å²) in [5.74, 6) is -1.83. The topological polar surface area (TPSA) is 101 Å². The molecule has 1 atom stereocenters. The van der Waals surface area contributed by atoms with Gasteiger partial charge in [-0.25, -0.2) is 13.2 Å². The predicted octanol–water partition coefficient (Wildman–Crippen LogP) is -0.0669. The molecule has 98 valence electrons. The van der Waals surface area contributed by atoms with Gasteiger partial charge in [0.05, 0.1) is 0 Å². The van der Waals surface area contributed by atoms with E-state index < -0.39 is 32.5 Å². The fraction of sp³-hybridized carbons (Fsp3) is 0.800. The smallest absolute Gasteiger partial charge is 0.329 e. The molecule has 7 heteroatoms. The molecule has 0 bridgehead atoms. The van der Waals surface area contributed by atoms with Gasteiger partial charge in [0, 0.05) is 6.26 Å². The number of carbonyl (C=O) groups is 2. The zero-order valence-electron chi connectivity index (χ0n) is 9.89. The molecule has 0 aromatic heterocycles. The maximum absolute atomic E-state index is 11.7. The first-order valence-corrected chi connectivity index (χ1v) is 7.39. The number of carboxylic acid groups (broad SMARTS) is 1. The average molecular weight is 263 g/mol. The van der Waals surface area contributed by atoms with Crippen molar-refractivity contribution >= 4 is 21.7 Å². The standard InChI is InChI=1S/C10H17NO5S/c1-7(17(2,15)16)8(12)11-10(9(13)14)5-3-4-6-10/h7H,3-6H2,1-2H3,(H,11,12)(H,13,14). The minimum absolute atomic E-state index is 0.352. The molecule has 6 nitrogen and oxygen atoms in total. The summed E-state index contributed by atoms with van der Waals surface area (Å²) in [7, 11) is -3.50. The Bertz CT molecular complexity index is 422. The van der Waals surface area contributed by atoms with Crippen molar-refractivity contribution in [3.8, 4) is 0 Å². The third kappa shape index (κ3) is 2.96. The van der Waals surface area contributed by atoms with Gasteiger partial charge in [-0.05, 0) is 19.8 Å². The van der Waals surface area contributed by atoms with Crippen molar-refractivity contribution in [2.24, 2.45) is 0 Å². The zero-order chi connectivity index (χ0) is 13.3.